The quantitative estimate of drug-likeness (QED) is 0.709. The largest absolute Gasteiger partial charge is 0.494 e. The molecule has 0 atom stereocenters. The monoisotopic (exact) mass is 294 g/mol. The first-order valence-corrected chi connectivity index (χ1v) is 7.08. The number of fused-ring (bicyclic) bond motifs is 1. The predicted molar refractivity (Wildman–Crippen MR) is 89.7 cm³/mol. The second kappa shape index (κ2) is 5.56. The molecule has 2 N–H and O–H groups in total. The maximum absolute atomic E-state index is 10.1. The number of nitrogens with zero attached hydrogens (tertiary/aromatic N) is 1. The third-order valence-corrected chi connectivity index (χ3v) is 3.64. The minimum absolute atomic E-state index is 0.121. The van der Waals surface area contributed by atoms with Gasteiger partial charge in [-0.15, -0.1) is 0 Å². The highest BCUT2D eigenvalue weighted by molar-refractivity contribution is 6.02. The van der Waals surface area contributed by atoms with Crippen molar-refractivity contribution in [2.24, 2.45) is 4.99 Å². The number of aryl methyl sites for hydroxylation is 2. The lowest BCUT2D eigenvalue weighted by Gasteiger charge is -2.04. The van der Waals surface area contributed by atoms with Crippen LogP contribution in [0.4, 0.5) is 5.69 Å². The number of aliphatic imine (C=N–C) groups is 1. The number of H-pyrrole nitrogens is 1. The van der Waals surface area contributed by atoms with Crippen molar-refractivity contribution in [1.29, 1.82) is 0 Å². The fourth-order valence-corrected chi connectivity index (χ4v) is 2.48. The SMILES string of the molecule is COc1ccc(C)cc1N=Cc1c(O)[nH]c2cc(C)ccc12. The minimum atomic E-state index is 0.121. The summed E-state index contributed by atoms with van der Waals surface area (Å²) in [5, 5.41) is 11.0. The number of benzene rings is 2. The standard InChI is InChI=1S/C18H18N2O2/c1-11-4-6-13-14(18(21)20-15(13)8-11)10-19-16-9-12(2)5-7-17(16)22-3/h4-10,20-21H,1-3H3. The molecule has 3 aromatic rings. The summed E-state index contributed by atoms with van der Waals surface area (Å²) >= 11 is 0. The molecule has 0 aliphatic carbocycles. The molecule has 0 radical (unpaired) electrons. The highest BCUT2D eigenvalue weighted by Crippen LogP contribution is 2.30. The number of nitrogens with one attached hydrogen (secondary N) is 1. The zero-order valence-corrected chi connectivity index (χ0v) is 12.8. The molecule has 0 unspecified atom stereocenters. The number of hydrogen-bond donors (Lipinski definition) is 2. The van der Waals surface area contributed by atoms with Crippen LogP contribution in [-0.2, 0) is 0 Å². The molecule has 0 spiro atoms. The smallest absolute Gasteiger partial charge is 0.198 e. The molecule has 0 saturated carbocycles. The van der Waals surface area contributed by atoms with Crippen LogP contribution in [0.3, 0.4) is 0 Å². The third kappa shape index (κ3) is 2.55. The summed E-state index contributed by atoms with van der Waals surface area (Å²) in [4.78, 5) is 7.46. The van der Waals surface area contributed by atoms with Gasteiger partial charge < -0.3 is 14.8 Å². The van der Waals surface area contributed by atoms with Gasteiger partial charge in [0.05, 0.1) is 12.7 Å². The summed E-state index contributed by atoms with van der Waals surface area (Å²) in [6.07, 6.45) is 1.67. The molecule has 1 heterocycles. The Kier molecular flexibility index (Phi) is 3.59. The van der Waals surface area contributed by atoms with E-state index in [0.29, 0.717) is 11.3 Å². The molecule has 0 aliphatic heterocycles. The van der Waals surface area contributed by atoms with Crippen molar-refractivity contribution >= 4 is 22.8 Å². The van der Waals surface area contributed by atoms with Crippen molar-refractivity contribution in [2.75, 3.05) is 7.11 Å². The summed E-state index contributed by atoms with van der Waals surface area (Å²) < 4.78 is 5.32. The van der Waals surface area contributed by atoms with Crippen molar-refractivity contribution in [3.63, 3.8) is 0 Å². The fraction of sp³-hybridized carbons (Fsp3) is 0.167. The van der Waals surface area contributed by atoms with E-state index in [0.717, 1.165) is 27.7 Å². The van der Waals surface area contributed by atoms with Crippen LogP contribution in [-0.4, -0.2) is 23.4 Å². The number of aromatic nitrogens is 1. The molecule has 4 heteroatoms. The van der Waals surface area contributed by atoms with Crippen molar-refractivity contribution < 1.29 is 9.84 Å². The first kappa shape index (κ1) is 14.2. The first-order chi connectivity index (χ1) is 10.6. The van der Waals surface area contributed by atoms with Crippen LogP contribution in [0.1, 0.15) is 16.7 Å². The third-order valence-electron chi connectivity index (χ3n) is 3.64. The van der Waals surface area contributed by atoms with Gasteiger partial charge in [0.2, 0.25) is 0 Å². The number of aromatic hydroxyl groups is 1. The number of hydrogen-bond acceptors (Lipinski definition) is 3. The maximum Gasteiger partial charge on any atom is 0.198 e. The molecule has 0 bridgehead atoms. The number of aromatic amines is 1. The molecule has 112 valence electrons. The molecular formula is C18H18N2O2. The van der Waals surface area contributed by atoms with Gasteiger partial charge in [-0.2, -0.15) is 0 Å². The van der Waals surface area contributed by atoms with Crippen LogP contribution in [0.2, 0.25) is 0 Å². The van der Waals surface area contributed by atoms with E-state index in [2.05, 4.69) is 9.98 Å². The molecule has 0 saturated heterocycles. The van der Waals surface area contributed by atoms with Gasteiger partial charge in [0.1, 0.15) is 11.4 Å². The van der Waals surface area contributed by atoms with E-state index in [-0.39, 0.29) is 5.88 Å². The number of ether oxygens (including phenoxy) is 1. The van der Waals surface area contributed by atoms with E-state index >= 15 is 0 Å². The molecule has 22 heavy (non-hydrogen) atoms. The van der Waals surface area contributed by atoms with E-state index in [1.807, 2.05) is 50.2 Å². The van der Waals surface area contributed by atoms with Gasteiger partial charge in [0.25, 0.3) is 0 Å². The van der Waals surface area contributed by atoms with Gasteiger partial charge in [0.15, 0.2) is 5.88 Å². The highest BCUT2D eigenvalue weighted by atomic mass is 16.5. The number of rotatable bonds is 3. The van der Waals surface area contributed by atoms with E-state index in [1.165, 1.54) is 0 Å². The van der Waals surface area contributed by atoms with Crippen LogP contribution < -0.4 is 4.74 Å². The summed E-state index contributed by atoms with van der Waals surface area (Å²) in [6, 6.07) is 11.8. The average molecular weight is 294 g/mol. The van der Waals surface area contributed by atoms with Crippen LogP contribution in [0.15, 0.2) is 41.4 Å². The van der Waals surface area contributed by atoms with E-state index in [9.17, 15) is 5.11 Å². The lowest BCUT2D eigenvalue weighted by atomic mass is 10.1. The Hall–Kier alpha value is -2.75. The Morgan fingerprint density at radius 1 is 1.09 bits per heavy atom. The molecule has 0 fully saturated rings. The van der Waals surface area contributed by atoms with Gasteiger partial charge in [-0.05, 0) is 43.2 Å². The Bertz CT molecular complexity index is 863. The summed E-state index contributed by atoms with van der Waals surface area (Å²) in [7, 11) is 1.62. The summed E-state index contributed by atoms with van der Waals surface area (Å²) in [5.74, 6) is 0.827. The summed E-state index contributed by atoms with van der Waals surface area (Å²) in [6.45, 7) is 4.02. The van der Waals surface area contributed by atoms with E-state index < -0.39 is 0 Å². The zero-order valence-electron chi connectivity index (χ0n) is 12.8. The zero-order chi connectivity index (χ0) is 15.7. The van der Waals surface area contributed by atoms with E-state index in [4.69, 9.17) is 4.74 Å². The molecular weight excluding hydrogens is 276 g/mol. The van der Waals surface area contributed by atoms with Crippen LogP contribution in [0.5, 0.6) is 11.6 Å². The molecule has 0 aliphatic rings. The number of methoxy groups -OCH3 is 1. The van der Waals surface area contributed by atoms with Crippen LogP contribution in [0, 0.1) is 13.8 Å². The summed E-state index contributed by atoms with van der Waals surface area (Å²) in [5.41, 5.74) is 4.56. The lowest BCUT2D eigenvalue weighted by Crippen LogP contribution is -1.85. The second-order valence-corrected chi connectivity index (χ2v) is 5.37. The predicted octanol–water partition coefficient (Wildman–Crippen LogP) is 4.25. The van der Waals surface area contributed by atoms with Gasteiger partial charge in [-0.25, -0.2) is 0 Å². The molecule has 4 nitrogen and oxygen atoms in total. The maximum atomic E-state index is 10.1. The van der Waals surface area contributed by atoms with Gasteiger partial charge >= 0.3 is 0 Å². The van der Waals surface area contributed by atoms with Crippen LogP contribution >= 0.6 is 0 Å². The minimum Gasteiger partial charge on any atom is -0.494 e. The first-order valence-electron chi connectivity index (χ1n) is 7.08. The Morgan fingerprint density at radius 2 is 1.82 bits per heavy atom. The lowest BCUT2D eigenvalue weighted by molar-refractivity contribution is 0.416. The van der Waals surface area contributed by atoms with Gasteiger partial charge in [0, 0.05) is 17.1 Å². The van der Waals surface area contributed by atoms with Crippen molar-refractivity contribution in [1.82, 2.24) is 4.98 Å². The average Bonchev–Trinajstić information content (AvgIpc) is 2.79. The Labute approximate surface area is 129 Å². The van der Waals surface area contributed by atoms with Gasteiger partial charge in [-0.1, -0.05) is 18.2 Å². The molecule has 2 aromatic carbocycles. The molecule has 3 rings (SSSR count). The van der Waals surface area contributed by atoms with E-state index in [1.54, 1.807) is 13.3 Å². The van der Waals surface area contributed by atoms with Crippen molar-refractivity contribution in [3.05, 3.63) is 53.1 Å². The Morgan fingerprint density at radius 3 is 2.59 bits per heavy atom. The molecule has 0 amide bonds. The molecule has 1 aromatic heterocycles. The highest BCUT2D eigenvalue weighted by Gasteiger charge is 2.09. The topological polar surface area (TPSA) is 57.6 Å². The second-order valence-electron chi connectivity index (χ2n) is 5.37. The normalized spacial score (nSPS) is 11.4. The van der Waals surface area contributed by atoms with Crippen molar-refractivity contribution in [3.8, 4) is 11.6 Å². The van der Waals surface area contributed by atoms with Crippen LogP contribution in [0.25, 0.3) is 10.9 Å². The fourth-order valence-electron chi connectivity index (χ4n) is 2.48. The Balaban J connectivity index is 2.06. The van der Waals surface area contributed by atoms with Crippen molar-refractivity contribution in [2.45, 2.75) is 13.8 Å². The van der Waals surface area contributed by atoms with Gasteiger partial charge in [-0.3, -0.25) is 4.99 Å².